The monoisotopic (exact) mass is 515 g/mol. The second-order valence-corrected chi connectivity index (χ2v) is 11.3. The molecule has 1 amide bonds. The fraction of sp³-hybridized carbons (Fsp3) is 0.500. The Bertz CT molecular complexity index is 1230. The highest BCUT2D eigenvalue weighted by Crippen LogP contribution is 2.36. The average Bonchev–Trinajstić information content (AvgIpc) is 2.92. The molecule has 1 aliphatic heterocycles. The molecule has 1 aromatic heterocycles. The normalized spacial score (nSPS) is 23.9. The van der Waals surface area contributed by atoms with Crippen molar-refractivity contribution in [2.24, 2.45) is 17.4 Å². The number of para-hydroxylation sites is 1. The minimum absolute atomic E-state index is 0.0506. The molecule has 8 nitrogen and oxygen atoms in total. The molecule has 0 bridgehead atoms. The van der Waals surface area contributed by atoms with E-state index in [1.807, 2.05) is 38.1 Å². The molecule has 0 radical (unpaired) electrons. The maximum Gasteiger partial charge on any atom is 0.240 e. The Morgan fingerprint density at radius 1 is 1.00 bits per heavy atom. The van der Waals surface area contributed by atoms with Crippen molar-refractivity contribution < 1.29 is 4.79 Å². The third-order valence-corrected chi connectivity index (χ3v) is 8.40. The fourth-order valence-electron chi connectivity index (χ4n) is 6.05. The van der Waals surface area contributed by atoms with Crippen LogP contribution in [0.15, 0.2) is 54.6 Å². The summed E-state index contributed by atoms with van der Waals surface area (Å²) < 4.78 is 0. The zero-order chi connectivity index (χ0) is 26.7. The van der Waals surface area contributed by atoms with Gasteiger partial charge in [-0.25, -0.2) is 9.97 Å². The van der Waals surface area contributed by atoms with Gasteiger partial charge in [-0.2, -0.15) is 0 Å². The number of carbonyl (C=O) groups excluding carboxylic acids is 1. The van der Waals surface area contributed by atoms with Gasteiger partial charge >= 0.3 is 0 Å². The molecule has 0 unspecified atom stereocenters. The number of benzene rings is 2. The number of primary amides is 1. The molecule has 8 heteroatoms. The highest BCUT2D eigenvalue weighted by Gasteiger charge is 2.36. The lowest BCUT2D eigenvalue weighted by Crippen LogP contribution is -2.53. The van der Waals surface area contributed by atoms with Crippen LogP contribution in [0.3, 0.4) is 0 Å². The number of anilines is 1. The van der Waals surface area contributed by atoms with Crippen molar-refractivity contribution in [3.63, 3.8) is 0 Å². The first-order valence-corrected chi connectivity index (χ1v) is 13.9. The van der Waals surface area contributed by atoms with Gasteiger partial charge in [-0.15, -0.1) is 0 Å². The summed E-state index contributed by atoms with van der Waals surface area (Å²) in [6.07, 6.45) is 4.35. The topological polar surface area (TPSA) is 113 Å². The van der Waals surface area contributed by atoms with Crippen LogP contribution < -0.4 is 16.8 Å². The van der Waals surface area contributed by atoms with Crippen molar-refractivity contribution in [2.45, 2.75) is 63.7 Å². The minimum atomic E-state index is -0.491. The Morgan fingerprint density at radius 3 is 2.32 bits per heavy atom. The van der Waals surface area contributed by atoms with E-state index in [0.29, 0.717) is 18.4 Å². The van der Waals surface area contributed by atoms with E-state index in [-0.39, 0.29) is 17.4 Å². The maximum atomic E-state index is 12.0. The van der Waals surface area contributed by atoms with Crippen LogP contribution >= 0.6 is 0 Å². The first kappa shape index (κ1) is 26.5. The van der Waals surface area contributed by atoms with E-state index in [0.717, 1.165) is 68.6 Å². The van der Waals surface area contributed by atoms with E-state index in [4.69, 9.17) is 21.4 Å². The second kappa shape index (κ2) is 11.4. The summed E-state index contributed by atoms with van der Waals surface area (Å²) in [6, 6.07) is 18.6. The molecule has 2 fully saturated rings. The number of nitrogens with two attached hydrogens (primary N) is 2. The lowest BCUT2D eigenvalue weighted by Gasteiger charge is -2.44. The highest BCUT2D eigenvalue weighted by molar-refractivity contribution is 5.91. The van der Waals surface area contributed by atoms with Crippen LogP contribution in [0.2, 0.25) is 0 Å². The van der Waals surface area contributed by atoms with Crippen molar-refractivity contribution >= 4 is 22.6 Å². The number of fused-ring (bicyclic) bond motifs is 1. The number of rotatable bonds is 8. The molecule has 5 rings (SSSR count). The molecule has 1 atom stereocenters. The van der Waals surface area contributed by atoms with Gasteiger partial charge in [0.25, 0.3) is 0 Å². The smallest absolute Gasteiger partial charge is 0.240 e. The van der Waals surface area contributed by atoms with Crippen LogP contribution in [0.4, 0.5) is 5.82 Å². The summed E-state index contributed by atoms with van der Waals surface area (Å²) in [5, 5.41) is 4.20. The molecular formula is C30H41N7O. The Kier molecular flexibility index (Phi) is 7.93. The zero-order valence-corrected chi connectivity index (χ0v) is 22.6. The summed E-state index contributed by atoms with van der Waals surface area (Å²) >= 11 is 0. The van der Waals surface area contributed by atoms with Crippen molar-refractivity contribution in [1.29, 1.82) is 0 Å². The van der Waals surface area contributed by atoms with E-state index >= 15 is 0 Å². The standard InChI is InChI=1S/C30H41N7O/c1-21(2)27(28(31)38)35-29-24-10-6-7-11-25(24)33-26(34-29)20-36-16-18-37(19-17-36)23-12-14-30(32,15-13-23)22-8-4-3-5-9-22/h3-11,21,23,27H,12-20,32H2,1-2H3,(H2,31,38)(H,33,34,35)/t23?,27-,30?/m0/s1. The van der Waals surface area contributed by atoms with Gasteiger partial charge in [-0.3, -0.25) is 14.6 Å². The summed E-state index contributed by atoms with van der Waals surface area (Å²) in [5.74, 6) is 1.11. The van der Waals surface area contributed by atoms with Crippen LogP contribution in [0.5, 0.6) is 0 Å². The summed E-state index contributed by atoms with van der Waals surface area (Å²) in [6.45, 7) is 8.70. The molecule has 1 aliphatic carbocycles. The fourth-order valence-corrected chi connectivity index (χ4v) is 6.05. The quantitative estimate of drug-likeness (QED) is 0.421. The van der Waals surface area contributed by atoms with Crippen LogP contribution in [0, 0.1) is 5.92 Å². The molecule has 2 aromatic carbocycles. The largest absolute Gasteiger partial charge is 0.368 e. The molecule has 2 aliphatic rings. The van der Waals surface area contributed by atoms with E-state index in [2.05, 4.69) is 45.4 Å². The van der Waals surface area contributed by atoms with Crippen molar-refractivity contribution in [1.82, 2.24) is 19.8 Å². The molecular weight excluding hydrogens is 474 g/mol. The second-order valence-electron chi connectivity index (χ2n) is 11.3. The number of hydrogen-bond donors (Lipinski definition) is 3. The van der Waals surface area contributed by atoms with Crippen LogP contribution in [-0.2, 0) is 16.9 Å². The molecule has 1 saturated carbocycles. The Balaban J connectivity index is 1.21. The number of nitrogens with zero attached hydrogens (tertiary/aromatic N) is 4. The molecule has 202 valence electrons. The van der Waals surface area contributed by atoms with Gasteiger partial charge in [0, 0.05) is 43.1 Å². The van der Waals surface area contributed by atoms with Gasteiger partial charge in [0.2, 0.25) is 5.91 Å². The van der Waals surface area contributed by atoms with E-state index < -0.39 is 6.04 Å². The van der Waals surface area contributed by atoms with E-state index in [1.54, 1.807) is 0 Å². The predicted octanol–water partition coefficient (Wildman–Crippen LogP) is 3.47. The van der Waals surface area contributed by atoms with Gasteiger partial charge in [-0.1, -0.05) is 56.3 Å². The lowest BCUT2D eigenvalue weighted by atomic mass is 9.75. The summed E-state index contributed by atoms with van der Waals surface area (Å²) in [7, 11) is 0. The van der Waals surface area contributed by atoms with Gasteiger partial charge in [0.05, 0.1) is 12.1 Å². The van der Waals surface area contributed by atoms with E-state index in [1.165, 1.54) is 5.56 Å². The predicted molar refractivity (Wildman–Crippen MR) is 152 cm³/mol. The van der Waals surface area contributed by atoms with Crippen LogP contribution in [0.25, 0.3) is 10.9 Å². The van der Waals surface area contributed by atoms with Crippen LogP contribution in [0.1, 0.15) is 50.9 Å². The molecule has 3 aromatic rings. The highest BCUT2D eigenvalue weighted by atomic mass is 16.1. The first-order valence-electron chi connectivity index (χ1n) is 13.9. The van der Waals surface area contributed by atoms with Crippen LogP contribution in [-0.4, -0.2) is 63.9 Å². The third-order valence-electron chi connectivity index (χ3n) is 8.40. The van der Waals surface area contributed by atoms with Gasteiger partial charge in [0.1, 0.15) is 17.7 Å². The molecule has 2 heterocycles. The van der Waals surface area contributed by atoms with Crippen molar-refractivity contribution in [2.75, 3.05) is 31.5 Å². The molecule has 0 spiro atoms. The summed E-state index contributed by atoms with van der Waals surface area (Å²) in [4.78, 5) is 26.8. The van der Waals surface area contributed by atoms with Crippen molar-refractivity contribution in [3.05, 3.63) is 66.0 Å². The van der Waals surface area contributed by atoms with Gasteiger partial charge < -0.3 is 16.8 Å². The number of piperazine rings is 1. The maximum absolute atomic E-state index is 12.0. The number of carbonyl (C=O) groups is 1. The number of amides is 1. The number of hydrogen-bond acceptors (Lipinski definition) is 7. The molecule has 1 saturated heterocycles. The minimum Gasteiger partial charge on any atom is -0.368 e. The Labute approximate surface area is 225 Å². The third kappa shape index (κ3) is 5.82. The Morgan fingerprint density at radius 2 is 1.66 bits per heavy atom. The molecule has 38 heavy (non-hydrogen) atoms. The van der Waals surface area contributed by atoms with E-state index in [9.17, 15) is 4.79 Å². The summed E-state index contributed by atoms with van der Waals surface area (Å²) in [5.41, 5.74) is 14.4. The lowest BCUT2D eigenvalue weighted by molar-refractivity contribution is -0.119. The van der Waals surface area contributed by atoms with Gasteiger partial charge in [0.15, 0.2) is 0 Å². The first-order chi connectivity index (χ1) is 18.3. The molecule has 5 N–H and O–H groups in total. The number of aromatic nitrogens is 2. The SMILES string of the molecule is CC(C)[C@H](Nc1nc(CN2CCN(C3CCC(N)(c4ccccc4)CC3)CC2)nc2ccccc12)C(N)=O. The van der Waals surface area contributed by atoms with Crippen molar-refractivity contribution in [3.8, 4) is 0 Å². The average molecular weight is 516 g/mol. The Hall–Kier alpha value is -3.07. The number of nitrogens with one attached hydrogen (secondary N) is 1. The zero-order valence-electron chi connectivity index (χ0n) is 22.6. The van der Waals surface area contributed by atoms with Gasteiger partial charge in [-0.05, 0) is 49.3 Å².